The van der Waals surface area contributed by atoms with Gasteiger partial charge >= 0.3 is 0 Å². The Kier molecular flexibility index (Phi) is 3.43. The van der Waals surface area contributed by atoms with Crippen LogP contribution in [0, 0.1) is 6.92 Å². The number of aryl methyl sites for hydroxylation is 1. The second kappa shape index (κ2) is 5.38. The highest BCUT2D eigenvalue weighted by Crippen LogP contribution is 2.26. The first-order valence-electron chi connectivity index (χ1n) is 6.75. The Morgan fingerprint density at radius 2 is 1.15 bits per heavy atom. The lowest BCUT2D eigenvalue weighted by molar-refractivity contribution is 1.47. The van der Waals surface area contributed by atoms with Gasteiger partial charge in [-0.25, -0.2) is 0 Å². The first kappa shape index (κ1) is 12.7. The zero-order valence-corrected chi connectivity index (χ0v) is 11.5. The molecule has 3 aromatic rings. The van der Waals surface area contributed by atoms with E-state index in [1.165, 1.54) is 27.8 Å². The van der Waals surface area contributed by atoms with Crippen LogP contribution in [0.2, 0.25) is 0 Å². The van der Waals surface area contributed by atoms with E-state index in [4.69, 9.17) is 7.85 Å². The normalized spacial score (nSPS) is 10.4. The standard InChI is InChI=1S/C19H15B/c1-14-4-2-5-16(12-14)18-7-3-6-17(13-18)15-8-10-19(20)11-9-15/h2-13H,1H3. The molecular weight excluding hydrogens is 239 g/mol. The van der Waals surface area contributed by atoms with E-state index in [9.17, 15) is 0 Å². The van der Waals surface area contributed by atoms with Crippen molar-refractivity contribution < 1.29 is 0 Å². The maximum atomic E-state index is 5.74. The predicted molar refractivity (Wildman–Crippen MR) is 87.4 cm³/mol. The van der Waals surface area contributed by atoms with Gasteiger partial charge in [-0.3, -0.25) is 0 Å². The molecule has 0 saturated carbocycles. The number of rotatable bonds is 2. The van der Waals surface area contributed by atoms with Gasteiger partial charge in [0.25, 0.3) is 0 Å². The fourth-order valence-electron chi connectivity index (χ4n) is 2.38. The van der Waals surface area contributed by atoms with E-state index in [-0.39, 0.29) is 0 Å². The van der Waals surface area contributed by atoms with Crippen molar-refractivity contribution in [1.29, 1.82) is 0 Å². The summed E-state index contributed by atoms with van der Waals surface area (Å²) in [4.78, 5) is 0. The first-order chi connectivity index (χ1) is 9.72. The maximum Gasteiger partial charge on any atom is 0.113 e. The van der Waals surface area contributed by atoms with Crippen molar-refractivity contribution in [2.24, 2.45) is 0 Å². The Hall–Kier alpha value is -2.28. The van der Waals surface area contributed by atoms with Crippen molar-refractivity contribution in [2.75, 3.05) is 0 Å². The topological polar surface area (TPSA) is 0 Å². The molecule has 0 aliphatic carbocycles. The summed E-state index contributed by atoms with van der Waals surface area (Å²) in [5, 5.41) is 0. The fraction of sp³-hybridized carbons (Fsp3) is 0.0526. The lowest BCUT2D eigenvalue weighted by Crippen LogP contribution is -1.99. The Labute approximate surface area is 121 Å². The monoisotopic (exact) mass is 254 g/mol. The summed E-state index contributed by atoms with van der Waals surface area (Å²) < 4.78 is 0. The summed E-state index contributed by atoms with van der Waals surface area (Å²) in [6.07, 6.45) is 0. The lowest BCUT2D eigenvalue weighted by atomic mass is 9.93. The van der Waals surface area contributed by atoms with E-state index in [0.29, 0.717) is 0 Å². The lowest BCUT2D eigenvalue weighted by Gasteiger charge is -2.07. The van der Waals surface area contributed by atoms with Crippen LogP contribution in [0.3, 0.4) is 0 Å². The largest absolute Gasteiger partial charge is 0.113 e. The molecule has 0 saturated heterocycles. The minimum Gasteiger partial charge on any atom is -0.0966 e. The Morgan fingerprint density at radius 1 is 0.600 bits per heavy atom. The zero-order valence-electron chi connectivity index (χ0n) is 11.5. The molecule has 0 N–H and O–H groups in total. The van der Waals surface area contributed by atoms with E-state index in [0.717, 1.165) is 5.46 Å². The second-order valence-electron chi connectivity index (χ2n) is 5.07. The van der Waals surface area contributed by atoms with E-state index >= 15 is 0 Å². The summed E-state index contributed by atoms with van der Waals surface area (Å²) >= 11 is 0. The number of benzene rings is 3. The van der Waals surface area contributed by atoms with Gasteiger partial charge in [0, 0.05) is 0 Å². The van der Waals surface area contributed by atoms with Gasteiger partial charge in [-0.2, -0.15) is 0 Å². The van der Waals surface area contributed by atoms with Gasteiger partial charge in [0.1, 0.15) is 7.85 Å². The molecular formula is C19H15B. The molecule has 0 bridgehead atoms. The van der Waals surface area contributed by atoms with Crippen LogP contribution < -0.4 is 5.46 Å². The average molecular weight is 254 g/mol. The van der Waals surface area contributed by atoms with Crippen LogP contribution in [0.5, 0.6) is 0 Å². The van der Waals surface area contributed by atoms with Gasteiger partial charge in [0.2, 0.25) is 0 Å². The molecule has 3 rings (SSSR count). The van der Waals surface area contributed by atoms with Gasteiger partial charge < -0.3 is 0 Å². The highest BCUT2D eigenvalue weighted by atomic mass is 14.1. The molecule has 2 radical (unpaired) electrons. The summed E-state index contributed by atoms with van der Waals surface area (Å²) in [7, 11) is 5.74. The summed E-state index contributed by atoms with van der Waals surface area (Å²) in [6, 6.07) is 25.2. The van der Waals surface area contributed by atoms with Gasteiger partial charge in [-0.05, 0) is 35.2 Å². The van der Waals surface area contributed by atoms with Crippen molar-refractivity contribution in [2.45, 2.75) is 6.92 Å². The highest BCUT2D eigenvalue weighted by Gasteiger charge is 2.01. The summed E-state index contributed by atoms with van der Waals surface area (Å²) in [5.74, 6) is 0. The highest BCUT2D eigenvalue weighted by molar-refractivity contribution is 6.32. The zero-order chi connectivity index (χ0) is 13.9. The molecule has 0 nitrogen and oxygen atoms in total. The third-order valence-corrected chi connectivity index (χ3v) is 3.46. The van der Waals surface area contributed by atoms with E-state index in [1.54, 1.807) is 0 Å². The minimum absolute atomic E-state index is 0.795. The van der Waals surface area contributed by atoms with Crippen LogP contribution in [0.25, 0.3) is 22.3 Å². The molecule has 0 amide bonds. The quantitative estimate of drug-likeness (QED) is 0.603. The Morgan fingerprint density at radius 3 is 1.80 bits per heavy atom. The number of hydrogen-bond acceptors (Lipinski definition) is 0. The summed E-state index contributed by atoms with van der Waals surface area (Å²) in [6.45, 7) is 2.12. The van der Waals surface area contributed by atoms with Gasteiger partial charge in [0.05, 0.1) is 0 Å². The first-order valence-corrected chi connectivity index (χ1v) is 6.75. The minimum atomic E-state index is 0.795. The predicted octanol–water partition coefficient (Wildman–Crippen LogP) is 4.12. The SMILES string of the molecule is [B]c1ccc(-c2cccc(-c3cccc(C)c3)c2)cc1. The molecule has 20 heavy (non-hydrogen) atoms. The van der Waals surface area contributed by atoms with Crippen LogP contribution in [0.4, 0.5) is 0 Å². The third kappa shape index (κ3) is 2.67. The van der Waals surface area contributed by atoms with Crippen LogP contribution in [-0.4, -0.2) is 7.85 Å². The van der Waals surface area contributed by atoms with Crippen molar-refractivity contribution in [3.8, 4) is 22.3 Å². The molecule has 0 spiro atoms. The van der Waals surface area contributed by atoms with E-state index < -0.39 is 0 Å². The third-order valence-electron chi connectivity index (χ3n) is 3.46. The molecule has 0 aliphatic rings. The molecule has 0 atom stereocenters. The second-order valence-corrected chi connectivity index (χ2v) is 5.07. The number of hydrogen-bond donors (Lipinski definition) is 0. The van der Waals surface area contributed by atoms with Crippen LogP contribution >= 0.6 is 0 Å². The molecule has 0 aromatic heterocycles. The van der Waals surface area contributed by atoms with E-state index in [2.05, 4.69) is 67.6 Å². The van der Waals surface area contributed by atoms with Crippen molar-refractivity contribution in [3.05, 3.63) is 78.4 Å². The molecule has 94 valence electrons. The Balaban J connectivity index is 2.03. The fourth-order valence-corrected chi connectivity index (χ4v) is 2.38. The van der Waals surface area contributed by atoms with Crippen LogP contribution in [0.15, 0.2) is 72.8 Å². The van der Waals surface area contributed by atoms with Crippen molar-refractivity contribution >= 4 is 13.3 Å². The van der Waals surface area contributed by atoms with Crippen molar-refractivity contribution in [1.82, 2.24) is 0 Å². The molecule has 0 unspecified atom stereocenters. The molecule has 1 heteroatoms. The van der Waals surface area contributed by atoms with Crippen LogP contribution in [0.1, 0.15) is 5.56 Å². The van der Waals surface area contributed by atoms with Crippen LogP contribution in [-0.2, 0) is 0 Å². The molecule has 0 heterocycles. The van der Waals surface area contributed by atoms with Crippen molar-refractivity contribution in [3.63, 3.8) is 0 Å². The summed E-state index contributed by atoms with van der Waals surface area (Å²) in [5.41, 5.74) is 6.96. The smallest absolute Gasteiger partial charge is 0.0966 e. The molecule has 0 fully saturated rings. The van der Waals surface area contributed by atoms with Gasteiger partial charge in [0.15, 0.2) is 0 Å². The van der Waals surface area contributed by atoms with Gasteiger partial charge in [-0.15, -0.1) is 0 Å². The van der Waals surface area contributed by atoms with Gasteiger partial charge in [-0.1, -0.05) is 77.8 Å². The maximum absolute atomic E-state index is 5.74. The molecule has 0 aliphatic heterocycles. The average Bonchev–Trinajstić information content (AvgIpc) is 2.48. The van der Waals surface area contributed by atoms with E-state index in [1.807, 2.05) is 12.1 Å². The molecule has 3 aromatic carbocycles. The Bertz CT molecular complexity index is 727.